The predicted octanol–water partition coefficient (Wildman–Crippen LogP) is 4.11. The van der Waals surface area contributed by atoms with Crippen molar-refractivity contribution in [3.63, 3.8) is 0 Å². The minimum absolute atomic E-state index is 0.743. The first-order valence-electron chi connectivity index (χ1n) is 9.54. The molecule has 0 saturated heterocycles. The maximum atomic E-state index is 6.85. The molecule has 1 aliphatic rings. The van der Waals surface area contributed by atoms with Gasteiger partial charge in [-0.2, -0.15) is 0 Å². The Balaban J connectivity index is 1.83. The van der Waals surface area contributed by atoms with E-state index in [1.807, 2.05) is 84.9 Å². The van der Waals surface area contributed by atoms with Crippen molar-refractivity contribution in [1.29, 1.82) is 0 Å². The summed E-state index contributed by atoms with van der Waals surface area (Å²) < 4.78 is 13.7. The molecule has 0 aromatic heterocycles. The smallest absolute Gasteiger partial charge is 0.504 e. The molecule has 0 amide bonds. The number of fused-ring (bicyclic) bond motifs is 2. The molecule has 0 radical (unpaired) electrons. The van der Waals surface area contributed by atoms with Crippen LogP contribution in [-0.4, -0.2) is 8.56 Å². The van der Waals surface area contributed by atoms with Crippen LogP contribution in [-0.2, 0) is 0 Å². The minimum Gasteiger partial charge on any atom is -0.504 e. The summed E-state index contributed by atoms with van der Waals surface area (Å²) in [7, 11) is -3.13. The van der Waals surface area contributed by atoms with Gasteiger partial charge in [-0.1, -0.05) is 96.8 Å². The zero-order valence-corrected chi connectivity index (χ0v) is 16.7. The molecular formula is C26H18O2Si. The van der Waals surface area contributed by atoms with Crippen molar-refractivity contribution in [2.24, 2.45) is 0 Å². The van der Waals surface area contributed by atoms with E-state index < -0.39 is 8.56 Å². The average Bonchev–Trinajstić information content (AvgIpc) is 2.87. The zero-order chi connectivity index (χ0) is 19.5. The number of rotatable bonds is 2. The van der Waals surface area contributed by atoms with E-state index in [1.165, 1.54) is 0 Å². The highest BCUT2D eigenvalue weighted by atomic mass is 28.4. The van der Waals surface area contributed by atoms with Crippen LogP contribution in [0, 0.1) is 11.8 Å². The predicted molar refractivity (Wildman–Crippen MR) is 118 cm³/mol. The molecule has 1 heterocycles. The summed E-state index contributed by atoms with van der Waals surface area (Å²) in [6, 6.07) is 36.3. The third kappa shape index (κ3) is 3.20. The fraction of sp³-hybridized carbons (Fsp3) is 0. The Morgan fingerprint density at radius 1 is 0.448 bits per heavy atom. The lowest BCUT2D eigenvalue weighted by Crippen LogP contribution is -2.68. The minimum atomic E-state index is -3.13. The molecule has 5 rings (SSSR count). The molecule has 2 nitrogen and oxygen atoms in total. The van der Waals surface area contributed by atoms with E-state index in [4.69, 9.17) is 8.85 Å². The van der Waals surface area contributed by atoms with Crippen LogP contribution in [0.15, 0.2) is 109 Å². The van der Waals surface area contributed by atoms with E-state index in [1.54, 1.807) is 0 Å². The van der Waals surface area contributed by atoms with Gasteiger partial charge in [-0.25, -0.2) is 0 Å². The Labute approximate surface area is 171 Å². The van der Waals surface area contributed by atoms with Gasteiger partial charge in [0.1, 0.15) is 11.5 Å². The van der Waals surface area contributed by atoms with E-state index in [-0.39, 0.29) is 0 Å². The molecular weight excluding hydrogens is 372 g/mol. The van der Waals surface area contributed by atoms with Gasteiger partial charge in [0.05, 0.1) is 11.1 Å². The van der Waals surface area contributed by atoms with Gasteiger partial charge in [0, 0.05) is 10.4 Å². The Kier molecular flexibility index (Phi) is 4.40. The van der Waals surface area contributed by atoms with E-state index in [0.29, 0.717) is 0 Å². The molecule has 138 valence electrons. The molecule has 29 heavy (non-hydrogen) atoms. The van der Waals surface area contributed by atoms with Gasteiger partial charge in [-0.3, -0.25) is 0 Å². The van der Waals surface area contributed by atoms with Crippen LogP contribution in [0.4, 0.5) is 0 Å². The van der Waals surface area contributed by atoms with Crippen molar-refractivity contribution >= 4 is 18.9 Å². The molecule has 0 atom stereocenters. The second-order valence-corrected chi connectivity index (χ2v) is 9.59. The molecule has 0 bridgehead atoms. The van der Waals surface area contributed by atoms with Gasteiger partial charge >= 0.3 is 8.56 Å². The van der Waals surface area contributed by atoms with Gasteiger partial charge < -0.3 is 8.85 Å². The van der Waals surface area contributed by atoms with E-state index in [2.05, 4.69) is 36.1 Å². The lowest BCUT2D eigenvalue weighted by Gasteiger charge is -2.32. The fourth-order valence-electron chi connectivity index (χ4n) is 3.50. The molecule has 4 aromatic carbocycles. The number of benzene rings is 4. The molecule has 0 N–H and O–H groups in total. The Bertz CT molecular complexity index is 1110. The van der Waals surface area contributed by atoms with Gasteiger partial charge in [-0.15, -0.1) is 0 Å². The Morgan fingerprint density at radius 2 is 0.828 bits per heavy atom. The first-order chi connectivity index (χ1) is 14.4. The average molecular weight is 391 g/mol. The maximum Gasteiger partial charge on any atom is 0.531 e. The van der Waals surface area contributed by atoms with Crippen LogP contribution in [0.3, 0.4) is 0 Å². The molecule has 1 aliphatic heterocycles. The van der Waals surface area contributed by atoms with Crippen LogP contribution in [0.2, 0.25) is 0 Å². The van der Waals surface area contributed by atoms with Crippen LogP contribution in [0.5, 0.6) is 11.5 Å². The summed E-state index contributed by atoms with van der Waals surface area (Å²) >= 11 is 0. The fourth-order valence-corrected chi connectivity index (χ4v) is 6.58. The van der Waals surface area contributed by atoms with E-state index in [9.17, 15) is 0 Å². The topological polar surface area (TPSA) is 18.5 Å². The third-order valence-corrected chi connectivity index (χ3v) is 8.12. The van der Waals surface area contributed by atoms with Crippen molar-refractivity contribution in [3.8, 4) is 23.3 Å². The highest BCUT2D eigenvalue weighted by Gasteiger charge is 2.48. The first-order valence-corrected chi connectivity index (χ1v) is 11.4. The summed E-state index contributed by atoms with van der Waals surface area (Å²) in [5.74, 6) is 8.02. The molecule has 0 unspecified atom stereocenters. The number of hydrogen-bond donors (Lipinski definition) is 0. The maximum absolute atomic E-state index is 6.85. The molecule has 0 aliphatic carbocycles. The van der Waals surface area contributed by atoms with Crippen LogP contribution in [0.25, 0.3) is 0 Å². The second-order valence-electron chi connectivity index (χ2n) is 6.80. The molecule has 0 fully saturated rings. The van der Waals surface area contributed by atoms with Gasteiger partial charge in [0.25, 0.3) is 0 Å². The zero-order valence-electron chi connectivity index (χ0n) is 15.7. The quantitative estimate of drug-likeness (QED) is 0.379. The Morgan fingerprint density at radius 3 is 1.28 bits per heavy atom. The molecule has 0 spiro atoms. The summed E-state index contributed by atoms with van der Waals surface area (Å²) in [4.78, 5) is 0. The lowest BCUT2D eigenvalue weighted by atomic mass is 10.1. The van der Waals surface area contributed by atoms with E-state index >= 15 is 0 Å². The first kappa shape index (κ1) is 17.4. The standard InChI is InChI=1S/C26H18O2Si/c1-3-13-23(14-4-1)29(24-15-5-2-6-16-24)27-25-17-9-7-11-21(25)19-20-22-12-8-10-18-26(22)28-29/h1-18H. The van der Waals surface area contributed by atoms with Gasteiger partial charge in [-0.05, 0) is 24.3 Å². The van der Waals surface area contributed by atoms with E-state index in [0.717, 1.165) is 33.0 Å². The Hall–Kier alpha value is -3.74. The summed E-state index contributed by atoms with van der Waals surface area (Å²) in [5.41, 5.74) is 1.72. The van der Waals surface area contributed by atoms with Crippen molar-refractivity contribution in [2.45, 2.75) is 0 Å². The van der Waals surface area contributed by atoms with Gasteiger partial charge in [0.2, 0.25) is 0 Å². The summed E-state index contributed by atoms with van der Waals surface area (Å²) in [5, 5.41) is 2.08. The third-order valence-electron chi connectivity index (χ3n) is 4.92. The van der Waals surface area contributed by atoms with Crippen molar-refractivity contribution in [2.75, 3.05) is 0 Å². The van der Waals surface area contributed by atoms with Crippen LogP contribution in [0.1, 0.15) is 11.1 Å². The highest BCUT2D eigenvalue weighted by Crippen LogP contribution is 2.27. The second kappa shape index (κ2) is 7.35. The summed E-state index contributed by atoms with van der Waals surface area (Å²) in [6.07, 6.45) is 0. The number of hydrogen-bond acceptors (Lipinski definition) is 2. The lowest BCUT2D eigenvalue weighted by molar-refractivity contribution is 0.416. The van der Waals surface area contributed by atoms with Crippen LogP contribution < -0.4 is 19.2 Å². The monoisotopic (exact) mass is 390 g/mol. The molecule has 3 heteroatoms. The van der Waals surface area contributed by atoms with Gasteiger partial charge in [0.15, 0.2) is 0 Å². The normalized spacial score (nSPS) is 13.7. The highest BCUT2D eigenvalue weighted by molar-refractivity contribution is 6.93. The molecule has 0 saturated carbocycles. The number of para-hydroxylation sites is 2. The van der Waals surface area contributed by atoms with Crippen molar-refractivity contribution < 1.29 is 8.85 Å². The SMILES string of the molecule is C1#Cc2ccccc2O[Si](c2ccccc2)(c2ccccc2)Oc2ccccc21. The largest absolute Gasteiger partial charge is 0.531 e. The summed E-state index contributed by atoms with van der Waals surface area (Å²) in [6.45, 7) is 0. The van der Waals surface area contributed by atoms with Crippen molar-refractivity contribution in [3.05, 3.63) is 120 Å². The molecule has 4 aromatic rings. The van der Waals surface area contributed by atoms with Crippen LogP contribution >= 0.6 is 0 Å². The van der Waals surface area contributed by atoms with Crippen molar-refractivity contribution in [1.82, 2.24) is 0 Å².